The van der Waals surface area contributed by atoms with Gasteiger partial charge in [0.05, 0.1) is 0 Å². The number of piperidine rings is 1. The molecule has 2 N–H and O–H groups in total. The van der Waals surface area contributed by atoms with Crippen molar-refractivity contribution in [3.8, 4) is 0 Å². The fourth-order valence-corrected chi connectivity index (χ4v) is 2.44. The quantitative estimate of drug-likeness (QED) is 0.867. The maximum atomic E-state index is 12.3. The van der Waals surface area contributed by atoms with Gasteiger partial charge in [0, 0.05) is 18.2 Å². The van der Waals surface area contributed by atoms with E-state index in [0.717, 1.165) is 43.7 Å². The summed E-state index contributed by atoms with van der Waals surface area (Å²) in [5, 5.41) is 6.38. The highest BCUT2D eigenvalue weighted by molar-refractivity contribution is 5.93. The molecule has 0 saturated carbocycles. The van der Waals surface area contributed by atoms with Crippen molar-refractivity contribution in [2.75, 3.05) is 32.5 Å². The van der Waals surface area contributed by atoms with Crippen LogP contribution in [-0.2, 0) is 11.3 Å². The van der Waals surface area contributed by atoms with Crippen molar-refractivity contribution >= 4 is 11.6 Å². The molecule has 1 aliphatic heterocycles. The number of carbonyl (C=O) groups excluding carboxylic acids is 1. The Labute approximate surface area is 115 Å². The van der Waals surface area contributed by atoms with Crippen molar-refractivity contribution in [3.05, 3.63) is 29.8 Å². The van der Waals surface area contributed by atoms with Crippen LogP contribution in [0.25, 0.3) is 0 Å². The SMILES string of the molecule is CN(C)Cc1ccccc1NC(=O)C1CCNCC1. The number of amides is 1. The maximum Gasteiger partial charge on any atom is 0.227 e. The Bertz CT molecular complexity index is 425. The van der Waals surface area contributed by atoms with E-state index in [0.29, 0.717) is 0 Å². The van der Waals surface area contributed by atoms with Gasteiger partial charge in [-0.05, 0) is 51.7 Å². The average molecular weight is 261 g/mol. The lowest BCUT2D eigenvalue weighted by Crippen LogP contribution is -2.34. The van der Waals surface area contributed by atoms with E-state index in [1.807, 2.05) is 32.3 Å². The van der Waals surface area contributed by atoms with Gasteiger partial charge in [0.1, 0.15) is 0 Å². The highest BCUT2D eigenvalue weighted by Gasteiger charge is 2.21. The van der Waals surface area contributed by atoms with E-state index in [-0.39, 0.29) is 11.8 Å². The van der Waals surface area contributed by atoms with Gasteiger partial charge in [-0.15, -0.1) is 0 Å². The lowest BCUT2D eigenvalue weighted by Gasteiger charge is -2.23. The number of nitrogens with one attached hydrogen (secondary N) is 2. The van der Waals surface area contributed by atoms with Gasteiger partial charge >= 0.3 is 0 Å². The largest absolute Gasteiger partial charge is 0.326 e. The number of anilines is 1. The second-order valence-electron chi connectivity index (χ2n) is 5.41. The highest BCUT2D eigenvalue weighted by Crippen LogP contribution is 2.19. The molecule has 1 aliphatic rings. The van der Waals surface area contributed by atoms with Gasteiger partial charge in [0.15, 0.2) is 0 Å². The minimum atomic E-state index is 0.147. The third-order valence-corrected chi connectivity index (χ3v) is 3.47. The molecule has 1 saturated heterocycles. The zero-order valence-electron chi connectivity index (χ0n) is 11.8. The number of para-hydroxylation sites is 1. The van der Waals surface area contributed by atoms with Gasteiger partial charge in [-0.25, -0.2) is 0 Å². The van der Waals surface area contributed by atoms with Gasteiger partial charge in [-0.1, -0.05) is 18.2 Å². The molecular weight excluding hydrogens is 238 g/mol. The molecule has 0 aromatic heterocycles. The number of rotatable bonds is 4. The van der Waals surface area contributed by atoms with Gasteiger partial charge in [-0.3, -0.25) is 4.79 Å². The predicted molar refractivity (Wildman–Crippen MR) is 78.1 cm³/mol. The van der Waals surface area contributed by atoms with Crippen LogP contribution < -0.4 is 10.6 Å². The predicted octanol–water partition coefficient (Wildman–Crippen LogP) is 1.69. The standard InChI is InChI=1S/C15H23N3O/c1-18(2)11-13-5-3-4-6-14(13)17-15(19)12-7-9-16-10-8-12/h3-6,12,16H,7-11H2,1-2H3,(H,17,19). The summed E-state index contributed by atoms with van der Waals surface area (Å²) >= 11 is 0. The summed E-state index contributed by atoms with van der Waals surface area (Å²) < 4.78 is 0. The molecule has 19 heavy (non-hydrogen) atoms. The fraction of sp³-hybridized carbons (Fsp3) is 0.533. The normalized spacial score (nSPS) is 16.6. The van der Waals surface area contributed by atoms with Gasteiger partial charge in [-0.2, -0.15) is 0 Å². The first-order valence-electron chi connectivity index (χ1n) is 6.91. The first kappa shape index (κ1) is 14.0. The Morgan fingerprint density at radius 1 is 1.32 bits per heavy atom. The Balaban J connectivity index is 2.03. The van der Waals surface area contributed by atoms with Crippen molar-refractivity contribution in [2.45, 2.75) is 19.4 Å². The number of benzene rings is 1. The van der Waals surface area contributed by atoms with Gasteiger partial charge in [0.2, 0.25) is 5.91 Å². The van der Waals surface area contributed by atoms with Crippen molar-refractivity contribution < 1.29 is 4.79 Å². The van der Waals surface area contributed by atoms with Crippen LogP contribution in [0.5, 0.6) is 0 Å². The molecule has 1 fully saturated rings. The monoisotopic (exact) mass is 261 g/mol. The molecule has 1 amide bonds. The average Bonchev–Trinajstić information content (AvgIpc) is 2.41. The van der Waals surface area contributed by atoms with Crippen molar-refractivity contribution in [3.63, 3.8) is 0 Å². The fourth-order valence-electron chi connectivity index (χ4n) is 2.44. The Morgan fingerprint density at radius 2 is 2.00 bits per heavy atom. The van der Waals surface area contributed by atoms with Crippen LogP contribution in [0, 0.1) is 5.92 Å². The summed E-state index contributed by atoms with van der Waals surface area (Å²) in [6.07, 6.45) is 1.86. The zero-order chi connectivity index (χ0) is 13.7. The first-order valence-corrected chi connectivity index (χ1v) is 6.91. The summed E-state index contributed by atoms with van der Waals surface area (Å²) in [5.41, 5.74) is 2.11. The van der Waals surface area contributed by atoms with E-state index in [4.69, 9.17) is 0 Å². The van der Waals surface area contributed by atoms with Crippen molar-refractivity contribution in [2.24, 2.45) is 5.92 Å². The molecule has 0 spiro atoms. The van der Waals surface area contributed by atoms with E-state index in [9.17, 15) is 4.79 Å². The summed E-state index contributed by atoms with van der Waals surface area (Å²) in [6.45, 7) is 2.72. The van der Waals surface area contributed by atoms with Crippen LogP contribution in [-0.4, -0.2) is 38.0 Å². The van der Waals surface area contributed by atoms with Crippen LogP contribution in [0.1, 0.15) is 18.4 Å². The van der Waals surface area contributed by atoms with Gasteiger partial charge < -0.3 is 15.5 Å². The molecule has 2 rings (SSSR count). The highest BCUT2D eigenvalue weighted by atomic mass is 16.1. The van der Waals surface area contributed by atoms with Crippen molar-refractivity contribution in [1.82, 2.24) is 10.2 Å². The second-order valence-corrected chi connectivity index (χ2v) is 5.41. The Kier molecular flexibility index (Phi) is 4.93. The number of hydrogen-bond acceptors (Lipinski definition) is 3. The molecule has 1 aromatic rings. The second kappa shape index (κ2) is 6.68. The zero-order valence-corrected chi connectivity index (χ0v) is 11.8. The van der Waals surface area contributed by atoms with Crippen LogP contribution in [0.15, 0.2) is 24.3 Å². The molecule has 0 unspecified atom stereocenters. The minimum absolute atomic E-state index is 0.147. The minimum Gasteiger partial charge on any atom is -0.326 e. The molecule has 1 aromatic carbocycles. The van der Waals surface area contributed by atoms with Crippen LogP contribution in [0.3, 0.4) is 0 Å². The summed E-state index contributed by atoms with van der Waals surface area (Å²) in [6, 6.07) is 8.03. The maximum absolute atomic E-state index is 12.3. The third-order valence-electron chi connectivity index (χ3n) is 3.47. The van der Waals surface area contributed by atoms with Crippen molar-refractivity contribution in [1.29, 1.82) is 0 Å². The summed E-state index contributed by atoms with van der Waals surface area (Å²) in [4.78, 5) is 14.4. The first-order chi connectivity index (χ1) is 9.16. The number of hydrogen-bond donors (Lipinski definition) is 2. The number of nitrogens with zero attached hydrogens (tertiary/aromatic N) is 1. The molecule has 0 bridgehead atoms. The van der Waals surface area contributed by atoms with Gasteiger partial charge in [0.25, 0.3) is 0 Å². The molecule has 104 valence electrons. The van der Waals surface area contributed by atoms with E-state index in [1.54, 1.807) is 0 Å². The summed E-state index contributed by atoms with van der Waals surface area (Å²) in [7, 11) is 4.07. The molecule has 0 aliphatic carbocycles. The lowest BCUT2D eigenvalue weighted by atomic mass is 9.97. The molecule has 0 atom stereocenters. The molecule has 0 radical (unpaired) electrons. The third kappa shape index (κ3) is 4.04. The van der Waals surface area contributed by atoms with E-state index in [2.05, 4.69) is 21.6 Å². The lowest BCUT2D eigenvalue weighted by molar-refractivity contribution is -0.120. The number of carbonyl (C=O) groups is 1. The van der Waals surface area contributed by atoms with E-state index >= 15 is 0 Å². The topological polar surface area (TPSA) is 44.4 Å². The Morgan fingerprint density at radius 3 is 2.68 bits per heavy atom. The Hall–Kier alpha value is -1.39. The summed E-state index contributed by atoms with van der Waals surface area (Å²) in [5.74, 6) is 0.307. The van der Waals surface area contributed by atoms with Crippen LogP contribution in [0.2, 0.25) is 0 Å². The molecule has 4 heteroatoms. The van der Waals surface area contributed by atoms with E-state index < -0.39 is 0 Å². The van der Waals surface area contributed by atoms with E-state index in [1.165, 1.54) is 0 Å². The molecular formula is C15H23N3O. The van der Waals surface area contributed by atoms with Crippen LogP contribution >= 0.6 is 0 Å². The molecule has 1 heterocycles. The molecule has 4 nitrogen and oxygen atoms in total. The smallest absolute Gasteiger partial charge is 0.227 e. The van der Waals surface area contributed by atoms with Crippen LogP contribution in [0.4, 0.5) is 5.69 Å².